The Morgan fingerprint density at radius 2 is 1.12 bits per heavy atom. The Morgan fingerprint density at radius 3 is 2.04 bits per heavy atom. The molecule has 0 nitrogen and oxygen atoms in total. The van der Waals surface area contributed by atoms with E-state index in [4.69, 9.17) is 0 Å². The van der Waals surface area contributed by atoms with E-state index in [9.17, 15) is 0 Å². The summed E-state index contributed by atoms with van der Waals surface area (Å²) in [6, 6.07) is 33.4. The van der Waals surface area contributed by atoms with Crippen molar-refractivity contribution in [2.24, 2.45) is 0 Å². The van der Waals surface area contributed by atoms with Gasteiger partial charge in [-0.05, 0) is 40.1 Å². The third kappa shape index (κ3) is 2.81. The number of hydrogen-bond donors (Lipinski definition) is 0. The summed E-state index contributed by atoms with van der Waals surface area (Å²) in [6.07, 6.45) is 0. The number of benzene rings is 4. The maximum atomic E-state index is 3.34. The van der Waals surface area contributed by atoms with Crippen LogP contribution < -0.4 is 0 Å². The maximum absolute atomic E-state index is 3.34. The van der Waals surface area contributed by atoms with Crippen LogP contribution in [0.1, 0.15) is 11.1 Å². The lowest BCUT2D eigenvalue weighted by atomic mass is 9.95. The average Bonchev–Trinajstić information content (AvgIpc) is 2.67. The summed E-state index contributed by atoms with van der Waals surface area (Å²) < 4.78 is 0. The molecule has 4 aromatic rings. The third-order valence-electron chi connectivity index (χ3n) is 4.12. The van der Waals surface area contributed by atoms with Gasteiger partial charge in [0.2, 0.25) is 0 Å². The Labute approximate surface area is 142 Å². The van der Waals surface area contributed by atoms with Crippen LogP contribution in [0.4, 0.5) is 0 Å². The molecule has 4 rings (SSSR count). The molecule has 0 N–H and O–H groups in total. The zero-order valence-electron chi connectivity index (χ0n) is 13.2. The van der Waals surface area contributed by atoms with Gasteiger partial charge >= 0.3 is 0 Å². The van der Waals surface area contributed by atoms with E-state index in [-0.39, 0.29) is 0 Å². The average molecular weight is 304 g/mol. The van der Waals surface area contributed by atoms with Gasteiger partial charge in [0.15, 0.2) is 0 Å². The van der Waals surface area contributed by atoms with Crippen molar-refractivity contribution in [3.05, 3.63) is 108 Å². The summed E-state index contributed by atoms with van der Waals surface area (Å²) in [5, 5.41) is 2.51. The number of hydrogen-bond acceptors (Lipinski definition) is 0. The fraction of sp³-hybridized carbons (Fsp3) is 0. The first kappa shape index (κ1) is 14.3. The van der Waals surface area contributed by atoms with Crippen LogP contribution >= 0.6 is 0 Å². The van der Waals surface area contributed by atoms with Crippen molar-refractivity contribution in [1.29, 1.82) is 0 Å². The van der Waals surface area contributed by atoms with Crippen molar-refractivity contribution in [3.8, 4) is 23.0 Å². The van der Waals surface area contributed by atoms with Gasteiger partial charge in [0.25, 0.3) is 0 Å². The fourth-order valence-corrected chi connectivity index (χ4v) is 2.95. The van der Waals surface area contributed by atoms with Crippen molar-refractivity contribution < 1.29 is 0 Å². The Hall–Kier alpha value is -3.30. The highest BCUT2D eigenvalue weighted by atomic mass is 14.1. The molecule has 0 unspecified atom stereocenters. The highest BCUT2D eigenvalue weighted by Gasteiger charge is 2.06. The standard InChI is InChI=1S/C24H16/c1-2-9-19(10-3-1)17-18-21-12-5-7-15-23(21)24-16-8-13-20-11-4-6-14-22(20)24/h1-16H. The second-order valence-electron chi connectivity index (χ2n) is 5.69. The van der Waals surface area contributed by atoms with Gasteiger partial charge in [0.1, 0.15) is 0 Å². The number of fused-ring (bicyclic) bond motifs is 1. The molecule has 0 aliphatic carbocycles. The van der Waals surface area contributed by atoms with Crippen LogP contribution in [-0.4, -0.2) is 0 Å². The molecule has 0 aliphatic heterocycles. The Morgan fingerprint density at radius 1 is 0.458 bits per heavy atom. The minimum Gasteiger partial charge on any atom is -0.0622 e. The molecule has 0 fully saturated rings. The summed E-state index contributed by atoms with van der Waals surface area (Å²) in [6.45, 7) is 0. The molecule has 0 heteroatoms. The molecule has 0 radical (unpaired) electrons. The van der Waals surface area contributed by atoms with Crippen LogP contribution in [0.2, 0.25) is 0 Å². The molecule has 4 aromatic carbocycles. The molecule has 0 saturated heterocycles. The number of rotatable bonds is 1. The summed E-state index contributed by atoms with van der Waals surface area (Å²) >= 11 is 0. The van der Waals surface area contributed by atoms with Gasteiger partial charge in [-0.2, -0.15) is 0 Å². The second-order valence-corrected chi connectivity index (χ2v) is 5.69. The highest BCUT2D eigenvalue weighted by Crippen LogP contribution is 2.30. The minimum absolute atomic E-state index is 1.03. The summed E-state index contributed by atoms with van der Waals surface area (Å²) in [7, 11) is 0. The predicted octanol–water partition coefficient (Wildman–Crippen LogP) is 5.91. The fourth-order valence-electron chi connectivity index (χ4n) is 2.95. The zero-order chi connectivity index (χ0) is 16.2. The van der Waals surface area contributed by atoms with Crippen LogP contribution in [-0.2, 0) is 0 Å². The van der Waals surface area contributed by atoms with E-state index in [2.05, 4.69) is 72.5 Å². The van der Waals surface area contributed by atoms with Crippen molar-refractivity contribution in [2.45, 2.75) is 0 Å². The van der Waals surface area contributed by atoms with Crippen LogP contribution in [0.15, 0.2) is 97.1 Å². The highest BCUT2D eigenvalue weighted by molar-refractivity contribution is 5.97. The Kier molecular flexibility index (Phi) is 3.84. The summed E-state index contributed by atoms with van der Waals surface area (Å²) in [5.74, 6) is 6.61. The molecular weight excluding hydrogens is 288 g/mol. The van der Waals surface area contributed by atoms with Gasteiger partial charge in [0, 0.05) is 11.1 Å². The van der Waals surface area contributed by atoms with E-state index in [0.29, 0.717) is 0 Å². The van der Waals surface area contributed by atoms with Gasteiger partial charge in [0.05, 0.1) is 0 Å². The van der Waals surface area contributed by atoms with Gasteiger partial charge in [-0.15, -0.1) is 0 Å². The molecule has 0 bridgehead atoms. The molecular formula is C24H16. The van der Waals surface area contributed by atoms with Gasteiger partial charge in [-0.1, -0.05) is 90.7 Å². The monoisotopic (exact) mass is 304 g/mol. The normalized spacial score (nSPS) is 10.2. The van der Waals surface area contributed by atoms with E-state index < -0.39 is 0 Å². The molecule has 0 heterocycles. The topological polar surface area (TPSA) is 0 Å². The molecule has 0 aromatic heterocycles. The SMILES string of the molecule is C(#Cc1ccccc1-c1cccc2ccccc12)c1ccccc1. The first-order chi connectivity index (χ1) is 11.9. The minimum atomic E-state index is 1.03. The third-order valence-corrected chi connectivity index (χ3v) is 4.12. The van der Waals surface area contributed by atoms with Crippen LogP contribution in [0, 0.1) is 11.8 Å². The first-order valence-corrected chi connectivity index (χ1v) is 8.06. The van der Waals surface area contributed by atoms with E-state index >= 15 is 0 Å². The Bertz CT molecular complexity index is 1040. The van der Waals surface area contributed by atoms with Gasteiger partial charge < -0.3 is 0 Å². The van der Waals surface area contributed by atoms with Gasteiger partial charge in [-0.25, -0.2) is 0 Å². The lowest BCUT2D eigenvalue weighted by molar-refractivity contribution is 1.60. The van der Waals surface area contributed by atoms with Crippen LogP contribution in [0.5, 0.6) is 0 Å². The molecule has 112 valence electrons. The summed E-state index contributed by atoms with van der Waals surface area (Å²) in [4.78, 5) is 0. The second kappa shape index (κ2) is 6.44. The lowest BCUT2D eigenvalue weighted by Gasteiger charge is -2.09. The first-order valence-electron chi connectivity index (χ1n) is 8.06. The van der Waals surface area contributed by atoms with Crippen molar-refractivity contribution >= 4 is 10.8 Å². The molecule has 0 spiro atoms. The van der Waals surface area contributed by atoms with E-state index in [1.807, 2.05) is 36.4 Å². The van der Waals surface area contributed by atoms with E-state index in [1.165, 1.54) is 21.9 Å². The lowest BCUT2D eigenvalue weighted by Crippen LogP contribution is -1.86. The van der Waals surface area contributed by atoms with Gasteiger partial charge in [-0.3, -0.25) is 0 Å². The molecule has 24 heavy (non-hydrogen) atoms. The van der Waals surface area contributed by atoms with Crippen molar-refractivity contribution in [3.63, 3.8) is 0 Å². The zero-order valence-corrected chi connectivity index (χ0v) is 13.2. The molecule has 0 aliphatic rings. The quantitative estimate of drug-likeness (QED) is 0.384. The van der Waals surface area contributed by atoms with E-state index in [0.717, 1.165) is 11.1 Å². The largest absolute Gasteiger partial charge is 0.0622 e. The molecule has 0 saturated carbocycles. The molecule has 0 atom stereocenters. The summed E-state index contributed by atoms with van der Waals surface area (Å²) in [5.41, 5.74) is 4.49. The van der Waals surface area contributed by atoms with Crippen molar-refractivity contribution in [2.75, 3.05) is 0 Å². The van der Waals surface area contributed by atoms with Crippen LogP contribution in [0.3, 0.4) is 0 Å². The van der Waals surface area contributed by atoms with Crippen LogP contribution in [0.25, 0.3) is 21.9 Å². The predicted molar refractivity (Wildman–Crippen MR) is 102 cm³/mol. The van der Waals surface area contributed by atoms with Crippen molar-refractivity contribution in [1.82, 2.24) is 0 Å². The maximum Gasteiger partial charge on any atom is 0.0327 e. The molecule has 0 amide bonds. The Balaban J connectivity index is 1.87. The smallest absolute Gasteiger partial charge is 0.0327 e. The van der Waals surface area contributed by atoms with E-state index in [1.54, 1.807) is 0 Å².